The molecule has 2 aromatic carbocycles. The summed E-state index contributed by atoms with van der Waals surface area (Å²) < 4.78 is 5.58. The highest BCUT2D eigenvalue weighted by atomic mass is 16.5. The summed E-state index contributed by atoms with van der Waals surface area (Å²) in [5.41, 5.74) is 2.08. The number of anilines is 1. The van der Waals surface area contributed by atoms with Gasteiger partial charge in [-0.3, -0.25) is 9.59 Å². The molecule has 0 spiro atoms. The zero-order chi connectivity index (χ0) is 19.8. The standard InChI is InChI=1S/C23H28N2O3/c1-2-15-28-21-12-10-20(11-13-21)25-17-19(16-22(25)26)23(27)24-14-6-9-18-7-4-3-5-8-18/h3-5,7-8,10-13,19H,2,6,9,14-17H2,1H3,(H,24,27)/t19-/m1/s1. The Bertz CT molecular complexity index is 774. The van der Waals surface area contributed by atoms with Crippen LogP contribution in [0.25, 0.3) is 0 Å². The SMILES string of the molecule is CCCOc1ccc(N2C[C@H](C(=O)NCCCc3ccccc3)CC2=O)cc1. The van der Waals surface area contributed by atoms with Gasteiger partial charge < -0.3 is 15.0 Å². The third kappa shape index (κ3) is 5.35. The van der Waals surface area contributed by atoms with Gasteiger partial charge >= 0.3 is 0 Å². The fourth-order valence-corrected chi connectivity index (χ4v) is 3.37. The van der Waals surface area contributed by atoms with Crippen LogP contribution in [0.2, 0.25) is 0 Å². The van der Waals surface area contributed by atoms with Gasteiger partial charge in [0.25, 0.3) is 0 Å². The lowest BCUT2D eigenvalue weighted by molar-refractivity contribution is -0.126. The maximum absolute atomic E-state index is 12.4. The monoisotopic (exact) mass is 380 g/mol. The molecular weight excluding hydrogens is 352 g/mol. The largest absolute Gasteiger partial charge is 0.494 e. The van der Waals surface area contributed by atoms with E-state index in [1.807, 2.05) is 42.5 Å². The second-order valence-corrected chi connectivity index (χ2v) is 7.13. The van der Waals surface area contributed by atoms with Crippen LogP contribution in [0, 0.1) is 5.92 Å². The lowest BCUT2D eigenvalue weighted by Crippen LogP contribution is -2.33. The van der Waals surface area contributed by atoms with Crippen molar-refractivity contribution in [3.63, 3.8) is 0 Å². The minimum atomic E-state index is -0.291. The Morgan fingerprint density at radius 3 is 2.61 bits per heavy atom. The van der Waals surface area contributed by atoms with Gasteiger partial charge in [-0.15, -0.1) is 0 Å². The molecule has 0 unspecified atom stereocenters. The van der Waals surface area contributed by atoms with Gasteiger partial charge in [-0.05, 0) is 49.1 Å². The van der Waals surface area contributed by atoms with Crippen LogP contribution >= 0.6 is 0 Å². The van der Waals surface area contributed by atoms with Crippen molar-refractivity contribution in [2.45, 2.75) is 32.6 Å². The van der Waals surface area contributed by atoms with Crippen molar-refractivity contribution in [1.29, 1.82) is 0 Å². The van der Waals surface area contributed by atoms with Gasteiger partial charge in [0.05, 0.1) is 12.5 Å². The molecule has 1 saturated heterocycles. The highest BCUT2D eigenvalue weighted by Gasteiger charge is 2.34. The number of benzene rings is 2. The first kappa shape index (κ1) is 19.9. The van der Waals surface area contributed by atoms with Crippen LogP contribution in [0.5, 0.6) is 5.75 Å². The maximum Gasteiger partial charge on any atom is 0.227 e. The number of nitrogens with zero attached hydrogens (tertiary/aromatic N) is 1. The summed E-state index contributed by atoms with van der Waals surface area (Å²) in [6, 6.07) is 17.7. The number of amides is 2. The molecule has 1 aliphatic rings. The molecule has 148 valence electrons. The number of rotatable bonds is 9. The molecule has 28 heavy (non-hydrogen) atoms. The maximum atomic E-state index is 12.4. The smallest absolute Gasteiger partial charge is 0.227 e. The van der Waals surface area contributed by atoms with Gasteiger partial charge in [0, 0.05) is 25.2 Å². The predicted octanol–water partition coefficient (Wildman–Crippen LogP) is 3.58. The van der Waals surface area contributed by atoms with E-state index in [0.717, 1.165) is 30.7 Å². The number of nitrogens with one attached hydrogen (secondary N) is 1. The van der Waals surface area contributed by atoms with E-state index in [-0.39, 0.29) is 24.2 Å². The predicted molar refractivity (Wildman–Crippen MR) is 110 cm³/mol. The topological polar surface area (TPSA) is 58.6 Å². The Balaban J connectivity index is 1.46. The molecule has 0 radical (unpaired) electrons. The lowest BCUT2D eigenvalue weighted by atomic mass is 10.1. The normalized spacial score (nSPS) is 16.2. The summed E-state index contributed by atoms with van der Waals surface area (Å²) in [5.74, 6) is 0.462. The molecule has 5 heteroatoms. The number of hydrogen-bond acceptors (Lipinski definition) is 3. The lowest BCUT2D eigenvalue weighted by Gasteiger charge is -2.17. The zero-order valence-electron chi connectivity index (χ0n) is 16.4. The molecule has 0 aliphatic carbocycles. The Morgan fingerprint density at radius 1 is 1.14 bits per heavy atom. The second kappa shape index (κ2) is 9.93. The van der Waals surface area contributed by atoms with Crippen molar-refractivity contribution >= 4 is 17.5 Å². The van der Waals surface area contributed by atoms with Crippen molar-refractivity contribution in [3.8, 4) is 5.75 Å². The van der Waals surface area contributed by atoms with E-state index in [2.05, 4.69) is 24.4 Å². The molecule has 1 aliphatic heterocycles. The summed E-state index contributed by atoms with van der Waals surface area (Å²) in [4.78, 5) is 26.5. The van der Waals surface area contributed by atoms with E-state index in [1.165, 1.54) is 5.56 Å². The fraction of sp³-hybridized carbons (Fsp3) is 0.391. The average molecular weight is 380 g/mol. The van der Waals surface area contributed by atoms with E-state index in [4.69, 9.17) is 4.74 Å². The van der Waals surface area contributed by atoms with E-state index in [9.17, 15) is 9.59 Å². The number of ether oxygens (including phenoxy) is 1. The van der Waals surface area contributed by atoms with E-state index >= 15 is 0 Å². The summed E-state index contributed by atoms with van der Waals surface area (Å²) in [6.45, 7) is 3.79. The molecule has 2 aromatic rings. The first-order chi connectivity index (χ1) is 13.7. The Kier molecular flexibility index (Phi) is 7.06. The molecule has 5 nitrogen and oxygen atoms in total. The van der Waals surface area contributed by atoms with Crippen LogP contribution in [0.4, 0.5) is 5.69 Å². The van der Waals surface area contributed by atoms with Gasteiger partial charge in [-0.2, -0.15) is 0 Å². The fourth-order valence-electron chi connectivity index (χ4n) is 3.37. The first-order valence-corrected chi connectivity index (χ1v) is 10.0. The molecule has 0 saturated carbocycles. The number of carbonyl (C=O) groups is 2. The van der Waals surface area contributed by atoms with E-state index in [0.29, 0.717) is 19.7 Å². The highest BCUT2D eigenvalue weighted by molar-refractivity contribution is 6.00. The highest BCUT2D eigenvalue weighted by Crippen LogP contribution is 2.27. The molecule has 2 amide bonds. The minimum Gasteiger partial charge on any atom is -0.494 e. The molecule has 1 atom stereocenters. The van der Waals surface area contributed by atoms with Gasteiger partial charge in [-0.25, -0.2) is 0 Å². The van der Waals surface area contributed by atoms with Gasteiger partial charge in [0.15, 0.2) is 0 Å². The summed E-state index contributed by atoms with van der Waals surface area (Å²) in [5, 5.41) is 2.98. The quantitative estimate of drug-likeness (QED) is 0.677. The van der Waals surface area contributed by atoms with Gasteiger partial charge in [0.2, 0.25) is 11.8 Å². The summed E-state index contributed by atoms with van der Waals surface area (Å²) in [7, 11) is 0. The molecule has 3 rings (SSSR count). The third-order valence-electron chi connectivity index (χ3n) is 4.90. The average Bonchev–Trinajstić information content (AvgIpc) is 3.12. The molecule has 1 N–H and O–H groups in total. The van der Waals surface area contributed by atoms with Crippen LogP contribution in [0.3, 0.4) is 0 Å². The van der Waals surface area contributed by atoms with Crippen molar-refractivity contribution in [1.82, 2.24) is 5.32 Å². The Hall–Kier alpha value is -2.82. The molecule has 1 heterocycles. The first-order valence-electron chi connectivity index (χ1n) is 10.0. The van der Waals surface area contributed by atoms with Crippen LogP contribution in [0.15, 0.2) is 54.6 Å². The third-order valence-corrected chi connectivity index (χ3v) is 4.90. The minimum absolute atomic E-state index is 0.00772. The number of hydrogen-bond donors (Lipinski definition) is 1. The van der Waals surface area contributed by atoms with Crippen molar-refractivity contribution < 1.29 is 14.3 Å². The van der Waals surface area contributed by atoms with Crippen LogP contribution in [0.1, 0.15) is 31.7 Å². The number of aryl methyl sites for hydroxylation is 1. The van der Waals surface area contributed by atoms with Crippen molar-refractivity contribution in [2.24, 2.45) is 5.92 Å². The van der Waals surface area contributed by atoms with Crippen LogP contribution < -0.4 is 15.0 Å². The summed E-state index contributed by atoms with van der Waals surface area (Å²) >= 11 is 0. The Labute approximate surface area is 166 Å². The molecule has 1 fully saturated rings. The zero-order valence-corrected chi connectivity index (χ0v) is 16.4. The van der Waals surface area contributed by atoms with Crippen molar-refractivity contribution in [2.75, 3.05) is 24.6 Å². The number of carbonyl (C=O) groups excluding carboxylic acids is 2. The summed E-state index contributed by atoms with van der Waals surface area (Å²) in [6.07, 6.45) is 3.04. The van der Waals surface area contributed by atoms with Gasteiger partial charge in [0.1, 0.15) is 5.75 Å². The van der Waals surface area contributed by atoms with E-state index < -0.39 is 0 Å². The van der Waals surface area contributed by atoms with Crippen molar-refractivity contribution in [3.05, 3.63) is 60.2 Å². The van der Waals surface area contributed by atoms with Crippen LogP contribution in [-0.2, 0) is 16.0 Å². The Morgan fingerprint density at radius 2 is 1.89 bits per heavy atom. The second-order valence-electron chi connectivity index (χ2n) is 7.13. The van der Waals surface area contributed by atoms with Gasteiger partial charge in [-0.1, -0.05) is 37.3 Å². The van der Waals surface area contributed by atoms with Crippen LogP contribution in [-0.4, -0.2) is 31.5 Å². The van der Waals surface area contributed by atoms with E-state index in [1.54, 1.807) is 4.90 Å². The molecular formula is C23H28N2O3. The molecule has 0 bridgehead atoms. The molecule has 0 aromatic heterocycles.